The van der Waals surface area contributed by atoms with Crippen LogP contribution in [0.3, 0.4) is 0 Å². The number of benzene rings is 2. The first kappa shape index (κ1) is 11.7. The minimum Gasteiger partial charge on any atom is -0.496 e. The third-order valence-corrected chi connectivity index (χ3v) is 2.85. The first-order valence-corrected chi connectivity index (χ1v) is 5.68. The highest BCUT2D eigenvalue weighted by Crippen LogP contribution is 2.26. The molecule has 0 atom stereocenters. The van der Waals surface area contributed by atoms with Crippen LogP contribution in [0.4, 0.5) is 0 Å². The van der Waals surface area contributed by atoms with Crippen molar-refractivity contribution in [2.45, 2.75) is 13.5 Å². The second kappa shape index (κ2) is 5.02. The minimum absolute atomic E-state index is 0.489. The standard InChI is InChI=1S/C15H17NO/c1-11-4-3-5-12(8-11)13-6-7-15(17-2)14(9-13)10-16/h3-9H,10,16H2,1-2H3. The lowest BCUT2D eigenvalue weighted by Crippen LogP contribution is -2.00. The van der Waals surface area contributed by atoms with Gasteiger partial charge in [0.1, 0.15) is 5.75 Å². The molecule has 0 spiro atoms. The second-order valence-corrected chi connectivity index (χ2v) is 4.10. The number of aryl methyl sites for hydroxylation is 1. The Bertz CT molecular complexity index is 520. The molecule has 17 heavy (non-hydrogen) atoms. The summed E-state index contributed by atoms with van der Waals surface area (Å²) in [5, 5.41) is 0. The van der Waals surface area contributed by atoms with E-state index in [1.165, 1.54) is 16.7 Å². The first-order valence-electron chi connectivity index (χ1n) is 5.68. The molecule has 0 heterocycles. The van der Waals surface area contributed by atoms with Gasteiger partial charge in [0.25, 0.3) is 0 Å². The Kier molecular flexibility index (Phi) is 3.45. The van der Waals surface area contributed by atoms with E-state index in [9.17, 15) is 0 Å². The van der Waals surface area contributed by atoms with Gasteiger partial charge >= 0.3 is 0 Å². The van der Waals surface area contributed by atoms with Crippen molar-refractivity contribution in [3.8, 4) is 16.9 Å². The highest BCUT2D eigenvalue weighted by molar-refractivity contribution is 5.66. The quantitative estimate of drug-likeness (QED) is 0.874. The molecule has 2 N–H and O–H groups in total. The third-order valence-electron chi connectivity index (χ3n) is 2.85. The van der Waals surface area contributed by atoms with Gasteiger partial charge in [0, 0.05) is 12.1 Å². The summed E-state index contributed by atoms with van der Waals surface area (Å²) >= 11 is 0. The molecule has 2 rings (SSSR count). The van der Waals surface area contributed by atoms with Gasteiger partial charge in [0.05, 0.1) is 7.11 Å². The number of nitrogens with two attached hydrogens (primary N) is 1. The normalized spacial score (nSPS) is 10.3. The molecule has 0 amide bonds. The third kappa shape index (κ3) is 2.48. The Labute approximate surface area is 102 Å². The van der Waals surface area contributed by atoms with Crippen LogP contribution in [0.25, 0.3) is 11.1 Å². The number of methoxy groups -OCH3 is 1. The summed E-state index contributed by atoms with van der Waals surface area (Å²) in [5.74, 6) is 0.851. The van der Waals surface area contributed by atoms with Gasteiger partial charge in [0.2, 0.25) is 0 Å². The highest BCUT2D eigenvalue weighted by Gasteiger charge is 2.04. The molecule has 0 radical (unpaired) electrons. The van der Waals surface area contributed by atoms with Crippen molar-refractivity contribution in [2.75, 3.05) is 7.11 Å². The SMILES string of the molecule is COc1ccc(-c2cccc(C)c2)cc1CN. The zero-order valence-corrected chi connectivity index (χ0v) is 10.2. The van der Waals surface area contributed by atoms with Crippen molar-refractivity contribution >= 4 is 0 Å². The maximum absolute atomic E-state index is 5.72. The maximum atomic E-state index is 5.72. The van der Waals surface area contributed by atoms with Crippen LogP contribution in [-0.2, 0) is 6.54 Å². The number of ether oxygens (including phenoxy) is 1. The predicted molar refractivity (Wildman–Crippen MR) is 71.1 cm³/mol. The average Bonchev–Trinajstić information content (AvgIpc) is 2.38. The van der Waals surface area contributed by atoms with Gasteiger partial charge in [0.15, 0.2) is 0 Å². The lowest BCUT2D eigenvalue weighted by Gasteiger charge is -2.09. The molecule has 88 valence electrons. The molecule has 0 fully saturated rings. The Morgan fingerprint density at radius 2 is 1.82 bits per heavy atom. The van der Waals surface area contributed by atoms with E-state index in [-0.39, 0.29) is 0 Å². The van der Waals surface area contributed by atoms with Crippen LogP contribution in [0.1, 0.15) is 11.1 Å². The molecule has 0 aliphatic carbocycles. The second-order valence-electron chi connectivity index (χ2n) is 4.10. The molecular formula is C15H17NO. The van der Waals surface area contributed by atoms with E-state index in [0.717, 1.165) is 11.3 Å². The van der Waals surface area contributed by atoms with Gasteiger partial charge in [-0.2, -0.15) is 0 Å². The van der Waals surface area contributed by atoms with Crippen LogP contribution >= 0.6 is 0 Å². The molecule has 0 saturated heterocycles. The van der Waals surface area contributed by atoms with E-state index in [1.807, 2.05) is 6.07 Å². The van der Waals surface area contributed by atoms with Gasteiger partial charge in [-0.1, -0.05) is 35.9 Å². The van der Waals surface area contributed by atoms with Gasteiger partial charge in [-0.25, -0.2) is 0 Å². The fourth-order valence-corrected chi connectivity index (χ4v) is 1.94. The van der Waals surface area contributed by atoms with E-state index in [2.05, 4.69) is 43.3 Å². The summed E-state index contributed by atoms with van der Waals surface area (Å²) in [4.78, 5) is 0. The summed E-state index contributed by atoms with van der Waals surface area (Å²) in [6.07, 6.45) is 0. The molecule has 0 aromatic heterocycles. The van der Waals surface area contributed by atoms with Crippen LogP contribution in [0.5, 0.6) is 5.75 Å². The largest absolute Gasteiger partial charge is 0.496 e. The highest BCUT2D eigenvalue weighted by atomic mass is 16.5. The van der Waals surface area contributed by atoms with E-state index in [4.69, 9.17) is 10.5 Å². The van der Waals surface area contributed by atoms with Crippen molar-refractivity contribution < 1.29 is 4.74 Å². The molecule has 2 aromatic carbocycles. The average molecular weight is 227 g/mol. The molecule has 2 aromatic rings. The molecule has 0 aliphatic rings. The van der Waals surface area contributed by atoms with Gasteiger partial charge < -0.3 is 10.5 Å². The molecule has 0 aliphatic heterocycles. The van der Waals surface area contributed by atoms with Crippen molar-refractivity contribution in [3.05, 3.63) is 53.6 Å². The molecule has 2 nitrogen and oxygen atoms in total. The van der Waals surface area contributed by atoms with Crippen LogP contribution < -0.4 is 10.5 Å². The fraction of sp³-hybridized carbons (Fsp3) is 0.200. The Balaban J connectivity index is 2.46. The van der Waals surface area contributed by atoms with E-state index >= 15 is 0 Å². The topological polar surface area (TPSA) is 35.2 Å². The Morgan fingerprint density at radius 1 is 1.06 bits per heavy atom. The summed E-state index contributed by atoms with van der Waals surface area (Å²) in [7, 11) is 1.67. The summed E-state index contributed by atoms with van der Waals surface area (Å²) in [6, 6.07) is 14.6. The molecule has 0 saturated carbocycles. The molecule has 2 heteroatoms. The number of hydrogen-bond donors (Lipinski definition) is 1. The van der Waals surface area contributed by atoms with Crippen molar-refractivity contribution in [1.82, 2.24) is 0 Å². The zero-order chi connectivity index (χ0) is 12.3. The lowest BCUT2D eigenvalue weighted by atomic mass is 10.0. The van der Waals surface area contributed by atoms with Crippen molar-refractivity contribution in [2.24, 2.45) is 5.73 Å². The smallest absolute Gasteiger partial charge is 0.123 e. The van der Waals surface area contributed by atoms with Crippen LogP contribution in [0, 0.1) is 6.92 Å². The Hall–Kier alpha value is -1.80. The van der Waals surface area contributed by atoms with Crippen LogP contribution in [-0.4, -0.2) is 7.11 Å². The van der Waals surface area contributed by atoms with Gasteiger partial charge in [-0.3, -0.25) is 0 Å². The van der Waals surface area contributed by atoms with Gasteiger partial charge in [-0.15, -0.1) is 0 Å². The fourth-order valence-electron chi connectivity index (χ4n) is 1.94. The molecule has 0 bridgehead atoms. The summed E-state index contributed by atoms with van der Waals surface area (Å²) < 4.78 is 5.27. The molecule has 0 unspecified atom stereocenters. The van der Waals surface area contributed by atoms with Crippen LogP contribution in [0.15, 0.2) is 42.5 Å². The van der Waals surface area contributed by atoms with Gasteiger partial charge in [-0.05, 0) is 30.2 Å². The summed E-state index contributed by atoms with van der Waals surface area (Å²) in [6.45, 7) is 2.58. The predicted octanol–water partition coefficient (Wildman–Crippen LogP) is 3.13. The van der Waals surface area contributed by atoms with Crippen LogP contribution in [0.2, 0.25) is 0 Å². The monoisotopic (exact) mass is 227 g/mol. The summed E-state index contributed by atoms with van der Waals surface area (Å²) in [5.41, 5.74) is 10.4. The number of rotatable bonds is 3. The lowest BCUT2D eigenvalue weighted by molar-refractivity contribution is 0.410. The minimum atomic E-state index is 0.489. The van der Waals surface area contributed by atoms with E-state index in [0.29, 0.717) is 6.54 Å². The van der Waals surface area contributed by atoms with E-state index < -0.39 is 0 Å². The number of hydrogen-bond acceptors (Lipinski definition) is 2. The van der Waals surface area contributed by atoms with Crippen molar-refractivity contribution in [3.63, 3.8) is 0 Å². The Morgan fingerprint density at radius 3 is 2.47 bits per heavy atom. The van der Waals surface area contributed by atoms with E-state index in [1.54, 1.807) is 7.11 Å². The maximum Gasteiger partial charge on any atom is 0.123 e. The first-order chi connectivity index (χ1) is 8.24. The zero-order valence-electron chi connectivity index (χ0n) is 10.2. The molecular weight excluding hydrogens is 210 g/mol. The van der Waals surface area contributed by atoms with Crippen molar-refractivity contribution in [1.29, 1.82) is 0 Å².